The van der Waals surface area contributed by atoms with Crippen LogP contribution in [0, 0.1) is 5.92 Å². The van der Waals surface area contributed by atoms with Crippen LogP contribution < -0.4 is 5.32 Å². The lowest BCUT2D eigenvalue weighted by Gasteiger charge is -2.05. The third kappa shape index (κ3) is 2.52. The maximum absolute atomic E-state index is 13.0. The van der Waals surface area contributed by atoms with Gasteiger partial charge in [0, 0.05) is 29.4 Å². The number of hydrogen-bond acceptors (Lipinski definition) is 3. The van der Waals surface area contributed by atoms with Crippen molar-refractivity contribution in [1.29, 1.82) is 0 Å². The van der Waals surface area contributed by atoms with Gasteiger partial charge in [-0.2, -0.15) is 5.10 Å². The van der Waals surface area contributed by atoms with Crippen molar-refractivity contribution in [3.8, 4) is 11.1 Å². The number of nitrogens with zero attached hydrogens (tertiary/aromatic N) is 3. The van der Waals surface area contributed by atoms with Crippen LogP contribution in [0.2, 0.25) is 5.15 Å². The largest absolute Gasteiger partial charge is 0.346 e. The number of carbonyl (C=O) groups is 1. The van der Waals surface area contributed by atoms with Gasteiger partial charge in [0.05, 0.1) is 11.4 Å². The molecule has 4 aromatic heterocycles. The summed E-state index contributed by atoms with van der Waals surface area (Å²) in [6.07, 6.45) is 2.86. The quantitative estimate of drug-likeness (QED) is 0.539. The minimum atomic E-state index is -1.03. The number of fused-ring (bicyclic) bond motifs is 2. The third-order valence-electron chi connectivity index (χ3n) is 4.56. The van der Waals surface area contributed by atoms with Crippen LogP contribution in [0.25, 0.3) is 27.7 Å². The van der Waals surface area contributed by atoms with Crippen LogP contribution >= 0.6 is 11.6 Å². The van der Waals surface area contributed by atoms with Gasteiger partial charge in [-0.15, -0.1) is 0 Å². The molecule has 2 atom stereocenters. The van der Waals surface area contributed by atoms with Gasteiger partial charge in [0.15, 0.2) is 5.82 Å². The highest BCUT2D eigenvalue weighted by molar-refractivity contribution is 6.32. The minimum absolute atomic E-state index is 0.288. The number of pyridine rings is 2. The molecule has 5 rings (SSSR count). The Kier molecular flexibility index (Phi) is 3.27. The Balaban J connectivity index is 1.50. The molecule has 1 amide bonds. The Morgan fingerprint density at radius 1 is 1.35 bits per heavy atom. The second-order valence-electron chi connectivity index (χ2n) is 6.40. The van der Waals surface area contributed by atoms with Crippen molar-refractivity contribution in [2.75, 3.05) is 5.32 Å². The Labute approximate surface area is 152 Å². The van der Waals surface area contributed by atoms with Crippen LogP contribution in [0.4, 0.5) is 10.2 Å². The van der Waals surface area contributed by atoms with E-state index < -0.39 is 12.1 Å². The van der Waals surface area contributed by atoms with Gasteiger partial charge in [0.25, 0.3) is 0 Å². The van der Waals surface area contributed by atoms with E-state index in [1.165, 1.54) is 0 Å². The molecular weight excluding hydrogens is 357 g/mol. The number of anilines is 1. The van der Waals surface area contributed by atoms with Gasteiger partial charge < -0.3 is 10.3 Å². The Morgan fingerprint density at radius 2 is 2.19 bits per heavy atom. The molecular formula is C18H13ClFN5O. The van der Waals surface area contributed by atoms with Gasteiger partial charge in [0.2, 0.25) is 5.91 Å². The number of aromatic nitrogens is 4. The van der Waals surface area contributed by atoms with E-state index in [4.69, 9.17) is 11.6 Å². The summed E-state index contributed by atoms with van der Waals surface area (Å²) in [7, 11) is 0. The molecule has 6 nitrogen and oxygen atoms in total. The number of aromatic amines is 1. The van der Waals surface area contributed by atoms with E-state index in [0.717, 1.165) is 27.7 Å². The van der Waals surface area contributed by atoms with E-state index in [0.29, 0.717) is 11.0 Å². The second-order valence-corrected chi connectivity index (χ2v) is 6.76. The van der Waals surface area contributed by atoms with Crippen molar-refractivity contribution in [3.05, 3.63) is 47.9 Å². The monoisotopic (exact) mass is 369 g/mol. The summed E-state index contributed by atoms with van der Waals surface area (Å²) in [6.45, 7) is 0. The van der Waals surface area contributed by atoms with Gasteiger partial charge in [-0.3, -0.25) is 4.79 Å². The molecule has 0 radical (unpaired) electrons. The standard InChI is InChI=1S/C18H13ClFN5O/c19-16-12(6-10-1-3-21-17(10)23-16)9-2-4-25-11(5-9)7-15(24-25)22-18(26)13-8-14(13)20/h1-7,13-14H,8H2,(H,21,23)(H,22,24,26). The normalized spacial score (nSPS) is 19.2. The maximum Gasteiger partial charge on any atom is 0.231 e. The fraction of sp³-hybridized carbons (Fsp3) is 0.167. The molecule has 2 N–H and O–H groups in total. The topological polar surface area (TPSA) is 75.1 Å². The number of rotatable bonds is 3. The summed E-state index contributed by atoms with van der Waals surface area (Å²) in [6, 6.07) is 9.45. The lowest BCUT2D eigenvalue weighted by Crippen LogP contribution is -2.15. The van der Waals surface area contributed by atoms with Crippen LogP contribution in [0.1, 0.15) is 6.42 Å². The van der Waals surface area contributed by atoms with E-state index in [2.05, 4.69) is 20.4 Å². The SMILES string of the molecule is O=C(Nc1cc2cc(-c3cc4cc[nH]c4nc3Cl)ccn2n1)C1CC1F. The Bertz CT molecular complexity index is 1170. The average Bonchev–Trinajstić information content (AvgIpc) is 3.02. The zero-order valence-corrected chi connectivity index (χ0v) is 14.2. The molecule has 1 aliphatic carbocycles. The first-order valence-electron chi connectivity index (χ1n) is 8.17. The summed E-state index contributed by atoms with van der Waals surface area (Å²) < 4.78 is 14.6. The van der Waals surface area contributed by atoms with Crippen molar-refractivity contribution in [2.45, 2.75) is 12.6 Å². The van der Waals surface area contributed by atoms with Crippen LogP contribution in [0.5, 0.6) is 0 Å². The predicted octanol–water partition coefficient (Wildman–Crippen LogP) is 3.83. The van der Waals surface area contributed by atoms with E-state index in [1.54, 1.807) is 16.8 Å². The van der Waals surface area contributed by atoms with Gasteiger partial charge >= 0.3 is 0 Å². The molecule has 1 saturated carbocycles. The molecule has 1 fully saturated rings. The summed E-state index contributed by atoms with van der Waals surface area (Å²) >= 11 is 6.33. The first-order chi connectivity index (χ1) is 12.6. The molecule has 0 bridgehead atoms. The fourth-order valence-electron chi connectivity index (χ4n) is 3.04. The molecule has 0 saturated heterocycles. The zero-order chi connectivity index (χ0) is 17.8. The lowest BCUT2D eigenvalue weighted by atomic mass is 10.1. The van der Waals surface area contributed by atoms with Crippen molar-refractivity contribution < 1.29 is 9.18 Å². The zero-order valence-electron chi connectivity index (χ0n) is 13.4. The smallest absolute Gasteiger partial charge is 0.231 e. The number of amides is 1. The molecule has 8 heteroatoms. The molecule has 1 aliphatic rings. The number of alkyl halides is 1. The highest BCUT2D eigenvalue weighted by atomic mass is 35.5. The number of H-pyrrole nitrogens is 1. The first kappa shape index (κ1) is 15.3. The average molecular weight is 370 g/mol. The van der Waals surface area contributed by atoms with Crippen LogP contribution in [-0.4, -0.2) is 31.7 Å². The van der Waals surface area contributed by atoms with Gasteiger partial charge in [0.1, 0.15) is 17.0 Å². The Morgan fingerprint density at radius 3 is 3.00 bits per heavy atom. The first-order valence-corrected chi connectivity index (χ1v) is 8.55. The number of nitrogens with one attached hydrogen (secondary N) is 2. The summed E-state index contributed by atoms with van der Waals surface area (Å²) in [5, 5.41) is 8.33. The van der Waals surface area contributed by atoms with Crippen LogP contribution in [-0.2, 0) is 4.79 Å². The Hall–Kier alpha value is -2.93. The number of halogens is 2. The molecule has 4 heterocycles. The highest BCUT2D eigenvalue weighted by Crippen LogP contribution is 2.35. The summed E-state index contributed by atoms with van der Waals surface area (Å²) in [5.41, 5.74) is 3.23. The van der Waals surface area contributed by atoms with Gasteiger partial charge in [-0.1, -0.05) is 11.6 Å². The van der Waals surface area contributed by atoms with Crippen molar-refractivity contribution in [2.24, 2.45) is 5.92 Å². The van der Waals surface area contributed by atoms with E-state index >= 15 is 0 Å². The summed E-state index contributed by atoms with van der Waals surface area (Å²) in [4.78, 5) is 19.3. The second kappa shape index (κ2) is 5.54. The fourth-order valence-corrected chi connectivity index (χ4v) is 3.29. The number of carbonyl (C=O) groups excluding carboxylic acids is 1. The number of hydrogen-bond donors (Lipinski definition) is 2. The van der Waals surface area contributed by atoms with Gasteiger partial charge in [-0.25, -0.2) is 13.9 Å². The third-order valence-corrected chi connectivity index (χ3v) is 4.85. The molecule has 0 aliphatic heterocycles. The van der Waals surface area contributed by atoms with Crippen molar-refractivity contribution in [1.82, 2.24) is 19.6 Å². The summed E-state index contributed by atoms with van der Waals surface area (Å²) in [5.74, 6) is -0.476. The molecule has 0 aromatic carbocycles. The molecule has 130 valence electrons. The highest BCUT2D eigenvalue weighted by Gasteiger charge is 2.43. The maximum atomic E-state index is 13.0. The van der Waals surface area contributed by atoms with E-state index in [-0.39, 0.29) is 12.3 Å². The minimum Gasteiger partial charge on any atom is -0.346 e. The molecule has 26 heavy (non-hydrogen) atoms. The van der Waals surface area contributed by atoms with E-state index in [9.17, 15) is 9.18 Å². The van der Waals surface area contributed by atoms with Gasteiger partial charge in [-0.05, 0) is 36.2 Å². The van der Waals surface area contributed by atoms with Crippen molar-refractivity contribution in [3.63, 3.8) is 0 Å². The molecule has 4 aromatic rings. The van der Waals surface area contributed by atoms with Crippen LogP contribution in [0.15, 0.2) is 42.7 Å². The van der Waals surface area contributed by atoms with Crippen LogP contribution in [0.3, 0.4) is 0 Å². The van der Waals surface area contributed by atoms with Crippen molar-refractivity contribution >= 4 is 39.9 Å². The molecule has 0 spiro atoms. The van der Waals surface area contributed by atoms with E-state index in [1.807, 2.05) is 30.5 Å². The lowest BCUT2D eigenvalue weighted by molar-refractivity contribution is -0.117. The predicted molar refractivity (Wildman–Crippen MR) is 96.9 cm³/mol. The molecule has 2 unspecified atom stereocenters.